The molecule has 0 aromatic rings. The number of hydrogen-bond donors (Lipinski definition) is 0. The van der Waals surface area contributed by atoms with E-state index in [9.17, 15) is 4.79 Å². The molecule has 1 rings (SSSR count). The van der Waals surface area contributed by atoms with Gasteiger partial charge in [0.25, 0.3) is 0 Å². The van der Waals surface area contributed by atoms with Gasteiger partial charge in [-0.1, -0.05) is 0 Å². The average Bonchev–Trinajstić information content (AvgIpc) is 3.09. The molecular weight excluding hydrogens is 204 g/mol. The lowest BCUT2D eigenvalue weighted by atomic mass is 10.4. The van der Waals surface area contributed by atoms with Gasteiger partial charge in [-0.15, -0.1) is 0 Å². The third-order valence-corrected chi connectivity index (χ3v) is 2.98. The van der Waals surface area contributed by atoms with E-state index < -0.39 is 0 Å². The van der Waals surface area contributed by atoms with Gasteiger partial charge in [-0.3, -0.25) is 0 Å². The minimum Gasteiger partial charge on any atom is -0.379 e. The number of nitrogens with zero attached hydrogens (tertiary/aromatic N) is 2. The van der Waals surface area contributed by atoms with Crippen molar-refractivity contribution < 1.29 is 9.53 Å². The van der Waals surface area contributed by atoms with Crippen molar-refractivity contribution >= 4 is 6.03 Å². The van der Waals surface area contributed by atoms with Gasteiger partial charge in [0, 0.05) is 33.3 Å². The van der Waals surface area contributed by atoms with Gasteiger partial charge < -0.3 is 14.5 Å². The first-order valence-electron chi connectivity index (χ1n) is 6.26. The number of urea groups is 1. The highest BCUT2D eigenvalue weighted by Gasteiger charge is 2.21. The molecule has 0 bridgehead atoms. The van der Waals surface area contributed by atoms with E-state index in [1.807, 2.05) is 25.8 Å². The van der Waals surface area contributed by atoms with Crippen molar-refractivity contribution in [3.05, 3.63) is 0 Å². The molecule has 0 aromatic heterocycles. The van der Waals surface area contributed by atoms with E-state index >= 15 is 0 Å². The summed E-state index contributed by atoms with van der Waals surface area (Å²) >= 11 is 0. The lowest BCUT2D eigenvalue weighted by Crippen LogP contribution is -2.42. The maximum absolute atomic E-state index is 11.8. The summed E-state index contributed by atoms with van der Waals surface area (Å²) in [5, 5.41) is 0. The van der Waals surface area contributed by atoms with E-state index in [1.165, 1.54) is 12.8 Å². The number of carbonyl (C=O) groups excluding carboxylic acids is 1. The van der Waals surface area contributed by atoms with E-state index in [2.05, 4.69) is 0 Å². The Hall–Kier alpha value is -0.770. The van der Waals surface area contributed by atoms with Gasteiger partial charge in [0.1, 0.15) is 0 Å². The van der Waals surface area contributed by atoms with Crippen LogP contribution in [0.15, 0.2) is 0 Å². The molecule has 0 N–H and O–H groups in total. The van der Waals surface area contributed by atoms with Crippen LogP contribution in [0.5, 0.6) is 0 Å². The Morgan fingerprint density at radius 3 is 2.44 bits per heavy atom. The number of hydrogen-bond acceptors (Lipinski definition) is 2. The van der Waals surface area contributed by atoms with Crippen LogP contribution in [0.2, 0.25) is 0 Å². The lowest BCUT2D eigenvalue weighted by Gasteiger charge is -2.26. The van der Waals surface area contributed by atoms with E-state index in [-0.39, 0.29) is 6.03 Å². The van der Waals surface area contributed by atoms with Crippen molar-refractivity contribution in [2.45, 2.75) is 26.7 Å². The van der Waals surface area contributed by atoms with Crippen LogP contribution in [0, 0.1) is 5.92 Å². The minimum atomic E-state index is 0.0972. The normalized spacial score (nSPS) is 14.9. The zero-order chi connectivity index (χ0) is 12.0. The van der Waals surface area contributed by atoms with Crippen molar-refractivity contribution in [2.24, 2.45) is 5.92 Å². The number of amides is 2. The second-order valence-corrected chi connectivity index (χ2v) is 4.39. The Labute approximate surface area is 98.5 Å². The van der Waals surface area contributed by atoms with Crippen LogP contribution in [0.3, 0.4) is 0 Å². The Kier molecular flexibility index (Phi) is 5.60. The molecule has 16 heavy (non-hydrogen) atoms. The molecule has 94 valence electrons. The zero-order valence-electron chi connectivity index (χ0n) is 10.7. The van der Waals surface area contributed by atoms with Gasteiger partial charge in [0.2, 0.25) is 0 Å². The molecule has 0 atom stereocenters. The monoisotopic (exact) mass is 228 g/mol. The summed E-state index contributed by atoms with van der Waals surface area (Å²) in [6, 6.07) is 0.0972. The Bertz CT molecular complexity index is 213. The quantitative estimate of drug-likeness (QED) is 0.623. The standard InChI is InChI=1S/C12H24N2O2/c1-4-14(5-2)12(15)13(3)8-9-16-10-11-6-7-11/h11H,4-10H2,1-3H3. The maximum atomic E-state index is 11.8. The van der Waals surface area contributed by atoms with E-state index in [0.717, 1.165) is 25.6 Å². The summed E-state index contributed by atoms with van der Waals surface area (Å²) in [5.41, 5.74) is 0. The average molecular weight is 228 g/mol. The topological polar surface area (TPSA) is 32.8 Å². The molecule has 0 aromatic carbocycles. The molecule has 4 nitrogen and oxygen atoms in total. The number of carbonyl (C=O) groups is 1. The van der Waals surface area contributed by atoms with E-state index in [1.54, 1.807) is 4.90 Å². The Morgan fingerprint density at radius 2 is 1.94 bits per heavy atom. The fourth-order valence-corrected chi connectivity index (χ4v) is 1.57. The highest BCUT2D eigenvalue weighted by molar-refractivity contribution is 5.74. The number of likely N-dealkylation sites (N-methyl/N-ethyl adjacent to an activating group) is 1. The molecule has 2 amide bonds. The van der Waals surface area contributed by atoms with E-state index in [0.29, 0.717) is 13.2 Å². The number of rotatable bonds is 7. The van der Waals surface area contributed by atoms with Gasteiger partial charge in [-0.05, 0) is 32.6 Å². The van der Waals surface area contributed by atoms with Gasteiger partial charge >= 0.3 is 6.03 Å². The van der Waals surface area contributed by atoms with Crippen LogP contribution in [-0.2, 0) is 4.74 Å². The van der Waals surface area contributed by atoms with Gasteiger partial charge in [-0.2, -0.15) is 0 Å². The van der Waals surface area contributed by atoms with Crippen LogP contribution in [0.4, 0.5) is 4.79 Å². The third kappa shape index (κ3) is 4.39. The first kappa shape index (κ1) is 13.3. The molecule has 0 saturated heterocycles. The van der Waals surface area contributed by atoms with E-state index in [4.69, 9.17) is 4.74 Å². The SMILES string of the molecule is CCN(CC)C(=O)N(C)CCOCC1CC1. The second kappa shape index (κ2) is 6.74. The fraction of sp³-hybridized carbons (Fsp3) is 0.917. The van der Waals surface area contributed by atoms with Crippen LogP contribution in [-0.4, -0.2) is 55.7 Å². The first-order chi connectivity index (χ1) is 7.69. The molecule has 0 radical (unpaired) electrons. The Morgan fingerprint density at radius 1 is 1.31 bits per heavy atom. The molecule has 0 spiro atoms. The second-order valence-electron chi connectivity index (χ2n) is 4.39. The smallest absolute Gasteiger partial charge is 0.319 e. The summed E-state index contributed by atoms with van der Waals surface area (Å²) in [4.78, 5) is 15.4. The van der Waals surface area contributed by atoms with Gasteiger partial charge in [-0.25, -0.2) is 4.79 Å². The van der Waals surface area contributed by atoms with Crippen molar-refractivity contribution in [3.8, 4) is 0 Å². The lowest BCUT2D eigenvalue weighted by molar-refractivity contribution is 0.101. The van der Waals surface area contributed by atoms with Crippen LogP contribution in [0.1, 0.15) is 26.7 Å². The molecule has 0 aliphatic heterocycles. The third-order valence-electron chi connectivity index (χ3n) is 2.98. The summed E-state index contributed by atoms with van der Waals surface area (Å²) in [7, 11) is 1.83. The fourth-order valence-electron chi connectivity index (χ4n) is 1.57. The molecule has 0 unspecified atom stereocenters. The molecule has 1 aliphatic carbocycles. The number of ether oxygens (including phenoxy) is 1. The predicted molar refractivity (Wildman–Crippen MR) is 64.5 cm³/mol. The largest absolute Gasteiger partial charge is 0.379 e. The van der Waals surface area contributed by atoms with Crippen LogP contribution >= 0.6 is 0 Å². The molecule has 0 heterocycles. The summed E-state index contributed by atoms with van der Waals surface area (Å²) < 4.78 is 5.51. The highest BCUT2D eigenvalue weighted by Crippen LogP contribution is 2.28. The van der Waals surface area contributed by atoms with Gasteiger partial charge in [0.05, 0.1) is 6.61 Å². The predicted octanol–water partition coefficient (Wildman–Crippen LogP) is 1.81. The van der Waals surface area contributed by atoms with Crippen LogP contribution in [0.25, 0.3) is 0 Å². The molecule has 1 saturated carbocycles. The van der Waals surface area contributed by atoms with Crippen LogP contribution < -0.4 is 0 Å². The molecule has 1 fully saturated rings. The van der Waals surface area contributed by atoms with Gasteiger partial charge in [0.15, 0.2) is 0 Å². The highest BCUT2D eigenvalue weighted by atomic mass is 16.5. The summed E-state index contributed by atoms with van der Waals surface area (Å²) in [6.45, 7) is 7.73. The summed E-state index contributed by atoms with van der Waals surface area (Å²) in [6.07, 6.45) is 2.63. The first-order valence-corrected chi connectivity index (χ1v) is 6.26. The minimum absolute atomic E-state index is 0.0972. The molecule has 4 heteroatoms. The molecular formula is C12H24N2O2. The van der Waals surface area contributed by atoms with Crippen molar-refractivity contribution in [1.82, 2.24) is 9.80 Å². The zero-order valence-corrected chi connectivity index (χ0v) is 10.7. The van der Waals surface area contributed by atoms with Crippen molar-refractivity contribution in [1.29, 1.82) is 0 Å². The van der Waals surface area contributed by atoms with Crippen molar-refractivity contribution in [2.75, 3.05) is 39.9 Å². The van der Waals surface area contributed by atoms with Crippen molar-refractivity contribution in [3.63, 3.8) is 0 Å². The molecule has 1 aliphatic rings. The Balaban J connectivity index is 2.11. The summed E-state index contributed by atoms with van der Waals surface area (Å²) in [5.74, 6) is 0.795. The maximum Gasteiger partial charge on any atom is 0.319 e.